The molecule has 1 unspecified atom stereocenters. The van der Waals surface area contributed by atoms with Crippen molar-refractivity contribution in [1.82, 2.24) is 20.2 Å². The third kappa shape index (κ3) is 4.34. The van der Waals surface area contributed by atoms with E-state index in [0.29, 0.717) is 18.8 Å². The SMILES string of the molecule is COc1ccc(OC)c(CC(=O)N2CCc3nc(C4CCCCN4)ncc3C2)c1. The Labute approximate surface area is 171 Å². The standard InChI is InChI=1S/C22H28N4O3/c1-28-17-6-7-20(29-2)15(11-17)12-21(27)26-10-8-18-16(14-26)13-24-22(25-18)19-5-3-4-9-23-19/h6-7,11,13,19,23H,3-5,8-10,12,14H2,1-2H3. The van der Waals surface area contributed by atoms with Crippen molar-refractivity contribution in [1.29, 1.82) is 0 Å². The monoisotopic (exact) mass is 396 g/mol. The first kappa shape index (κ1) is 19.6. The van der Waals surface area contributed by atoms with Crippen molar-refractivity contribution < 1.29 is 14.3 Å². The summed E-state index contributed by atoms with van der Waals surface area (Å²) in [5, 5.41) is 3.50. The number of benzene rings is 1. The van der Waals surface area contributed by atoms with Gasteiger partial charge in [-0.25, -0.2) is 9.97 Å². The fourth-order valence-corrected chi connectivity index (χ4v) is 4.08. The van der Waals surface area contributed by atoms with Gasteiger partial charge in [0.2, 0.25) is 5.91 Å². The molecule has 1 fully saturated rings. The number of methoxy groups -OCH3 is 2. The maximum atomic E-state index is 12.9. The second-order valence-electron chi connectivity index (χ2n) is 7.62. The molecule has 2 aliphatic heterocycles. The van der Waals surface area contributed by atoms with E-state index in [0.717, 1.165) is 47.8 Å². The minimum absolute atomic E-state index is 0.0697. The average molecular weight is 396 g/mol. The Kier molecular flexibility index (Phi) is 5.94. The molecule has 0 saturated carbocycles. The highest BCUT2D eigenvalue weighted by atomic mass is 16.5. The molecule has 1 aromatic carbocycles. The zero-order valence-electron chi connectivity index (χ0n) is 17.1. The summed E-state index contributed by atoms with van der Waals surface area (Å²) in [5.74, 6) is 2.38. The molecular formula is C22H28N4O3. The van der Waals surface area contributed by atoms with E-state index < -0.39 is 0 Å². The Balaban J connectivity index is 1.45. The number of rotatable bonds is 5. The summed E-state index contributed by atoms with van der Waals surface area (Å²) in [5.41, 5.74) is 2.95. The highest BCUT2D eigenvalue weighted by molar-refractivity contribution is 5.80. The van der Waals surface area contributed by atoms with Gasteiger partial charge in [-0.3, -0.25) is 4.79 Å². The first-order valence-electron chi connectivity index (χ1n) is 10.2. The molecule has 1 atom stereocenters. The van der Waals surface area contributed by atoms with Crippen molar-refractivity contribution in [3.63, 3.8) is 0 Å². The van der Waals surface area contributed by atoms with Crippen LogP contribution in [0.1, 0.15) is 47.9 Å². The van der Waals surface area contributed by atoms with Crippen LogP contribution in [0, 0.1) is 0 Å². The molecule has 4 rings (SSSR count). The van der Waals surface area contributed by atoms with Crippen LogP contribution in [-0.2, 0) is 24.2 Å². The van der Waals surface area contributed by atoms with Crippen LogP contribution in [0.2, 0.25) is 0 Å². The lowest BCUT2D eigenvalue weighted by Crippen LogP contribution is -2.38. The quantitative estimate of drug-likeness (QED) is 0.837. The van der Waals surface area contributed by atoms with Crippen molar-refractivity contribution in [2.75, 3.05) is 27.3 Å². The van der Waals surface area contributed by atoms with Crippen molar-refractivity contribution in [2.24, 2.45) is 0 Å². The van der Waals surface area contributed by atoms with E-state index in [1.807, 2.05) is 29.3 Å². The number of carbonyl (C=O) groups is 1. The van der Waals surface area contributed by atoms with Crippen molar-refractivity contribution in [3.05, 3.63) is 47.0 Å². The third-order valence-corrected chi connectivity index (χ3v) is 5.76. The fourth-order valence-electron chi connectivity index (χ4n) is 4.08. The van der Waals surface area contributed by atoms with Crippen LogP contribution in [0.5, 0.6) is 11.5 Å². The minimum Gasteiger partial charge on any atom is -0.497 e. The Morgan fingerprint density at radius 3 is 2.93 bits per heavy atom. The minimum atomic E-state index is 0.0697. The van der Waals surface area contributed by atoms with E-state index >= 15 is 0 Å². The third-order valence-electron chi connectivity index (χ3n) is 5.76. The second-order valence-corrected chi connectivity index (χ2v) is 7.62. The summed E-state index contributed by atoms with van der Waals surface area (Å²) >= 11 is 0. The number of hydrogen-bond acceptors (Lipinski definition) is 6. The molecule has 154 valence electrons. The molecule has 1 aromatic heterocycles. The number of amides is 1. The first-order chi connectivity index (χ1) is 14.2. The van der Waals surface area contributed by atoms with Gasteiger partial charge >= 0.3 is 0 Å². The van der Waals surface area contributed by atoms with E-state index in [-0.39, 0.29) is 18.4 Å². The molecule has 0 spiro atoms. The van der Waals surface area contributed by atoms with E-state index in [9.17, 15) is 4.79 Å². The number of nitrogens with one attached hydrogen (secondary N) is 1. The molecule has 0 aliphatic carbocycles. The summed E-state index contributed by atoms with van der Waals surface area (Å²) in [6.07, 6.45) is 6.47. The van der Waals surface area contributed by atoms with Gasteiger partial charge in [0.25, 0.3) is 0 Å². The molecule has 1 amide bonds. The molecule has 0 bridgehead atoms. The smallest absolute Gasteiger partial charge is 0.227 e. The highest BCUT2D eigenvalue weighted by Crippen LogP contribution is 2.27. The maximum absolute atomic E-state index is 12.9. The van der Waals surface area contributed by atoms with Gasteiger partial charge in [0.1, 0.15) is 17.3 Å². The van der Waals surface area contributed by atoms with Crippen LogP contribution >= 0.6 is 0 Å². The number of ether oxygens (including phenoxy) is 2. The number of fused-ring (bicyclic) bond motifs is 1. The molecular weight excluding hydrogens is 368 g/mol. The number of piperidine rings is 1. The van der Waals surface area contributed by atoms with Crippen LogP contribution in [0.3, 0.4) is 0 Å². The van der Waals surface area contributed by atoms with E-state index in [1.54, 1.807) is 14.2 Å². The summed E-state index contributed by atoms with van der Waals surface area (Å²) in [6.45, 7) is 2.26. The van der Waals surface area contributed by atoms with E-state index in [2.05, 4.69) is 10.3 Å². The van der Waals surface area contributed by atoms with E-state index in [4.69, 9.17) is 14.5 Å². The topological polar surface area (TPSA) is 76.6 Å². The average Bonchev–Trinajstić information content (AvgIpc) is 2.78. The Hall–Kier alpha value is -2.67. The first-order valence-corrected chi connectivity index (χ1v) is 10.2. The molecule has 1 saturated heterocycles. The number of aromatic nitrogens is 2. The van der Waals surface area contributed by atoms with Gasteiger partial charge in [-0.05, 0) is 37.6 Å². The van der Waals surface area contributed by atoms with Gasteiger partial charge in [0.15, 0.2) is 0 Å². The van der Waals surface area contributed by atoms with Crippen LogP contribution in [0.15, 0.2) is 24.4 Å². The van der Waals surface area contributed by atoms with Gasteiger partial charge in [-0.1, -0.05) is 6.42 Å². The lowest BCUT2D eigenvalue weighted by Gasteiger charge is -2.29. The van der Waals surface area contributed by atoms with Crippen LogP contribution in [0.4, 0.5) is 0 Å². The van der Waals surface area contributed by atoms with Crippen molar-refractivity contribution in [2.45, 2.75) is 44.7 Å². The summed E-state index contributed by atoms with van der Waals surface area (Å²) < 4.78 is 10.7. The second kappa shape index (κ2) is 8.78. The number of carbonyl (C=O) groups excluding carboxylic acids is 1. The zero-order valence-corrected chi connectivity index (χ0v) is 17.1. The molecule has 7 heteroatoms. The van der Waals surface area contributed by atoms with E-state index in [1.165, 1.54) is 12.8 Å². The molecule has 1 N–H and O–H groups in total. The molecule has 29 heavy (non-hydrogen) atoms. The van der Waals surface area contributed by atoms with Crippen molar-refractivity contribution >= 4 is 5.91 Å². The fraction of sp³-hybridized carbons (Fsp3) is 0.500. The summed E-state index contributed by atoms with van der Waals surface area (Å²) in [6, 6.07) is 5.79. The number of hydrogen-bond donors (Lipinski definition) is 1. The predicted molar refractivity (Wildman–Crippen MR) is 109 cm³/mol. The molecule has 2 aliphatic rings. The van der Waals surface area contributed by atoms with Gasteiger partial charge in [-0.2, -0.15) is 0 Å². The molecule has 0 radical (unpaired) electrons. The highest BCUT2D eigenvalue weighted by Gasteiger charge is 2.25. The lowest BCUT2D eigenvalue weighted by atomic mass is 10.0. The molecule has 2 aromatic rings. The summed E-state index contributed by atoms with van der Waals surface area (Å²) in [4.78, 5) is 24.2. The Morgan fingerprint density at radius 2 is 2.17 bits per heavy atom. The Bertz CT molecular complexity index is 880. The van der Waals surface area contributed by atoms with Crippen LogP contribution < -0.4 is 14.8 Å². The predicted octanol–water partition coefficient (Wildman–Crippen LogP) is 2.44. The van der Waals surface area contributed by atoms with Gasteiger partial charge in [-0.15, -0.1) is 0 Å². The summed E-state index contributed by atoms with van der Waals surface area (Å²) in [7, 11) is 3.23. The van der Waals surface area contributed by atoms with Crippen molar-refractivity contribution in [3.8, 4) is 11.5 Å². The lowest BCUT2D eigenvalue weighted by molar-refractivity contribution is -0.131. The number of nitrogens with zero attached hydrogens (tertiary/aromatic N) is 3. The maximum Gasteiger partial charge on any atom is 0.227 e. The normalized spacial score (nSPS) is 18.8. The Morgan fingerprint density at radius 1 is 1.28 bits per heavy atom. The molecule has 7 nitrogen and oxygen atoms in total. The van der Waals surface area contributed by atoms with Gasteiger partial charge in [0, 0.05) is 36.8 Å². The van der Waals surface area contributed by atoms with Crippen LogP contribution in [-0.4, -0.2) is 48.1 Å². The molecule has 3 heterocycles. The van der Waals surface area contributed by atoms with Crippen LogP contribution in [0.25, 0.3) is 0 Å². The van der Waals surface area contributed by atoms with Gasteiger partial charge < -0.3 is 19.7 Å². The zero-order chi connectivity index (χ0) is 20.2. The van der Waals surface area contributed by atoms with Gasteiger partial charge in [0.05, 0.1) is 32.4 Å². The largest absolute Gasteiger partial charge is 0.497 e.